The van der Waals surface area contributed by atoms with Crippen molar-refractivity contribution in [1.82, 2.24) is 9.55 Å². The third-order valence-electron chi connectivity index (χ3n) is 4.84. The second-order valence-corrected chi connectivity index (χ2v) is 7.69. The number of fused-ring (bicyclic) bond motifs is 1. The minimum atomic E-state index is -0.151. The van der Waals surface area contributed by atoms with E-state index in [1.54, 1.807) is 35.9 Å². The second-order valence-electron chi connectivity index (χ2n) is 6.75. The molecule has 3 aromatic carbocycles. The predicted molar refractivity (Wildman–Crippen MR) is 120 cm³/mol. The van der Waals surface area contributed by atoms with Crippen molar-refractivity contribution >= 4 is 28.4 Å². The van der Waals surface area contributed by atoms with Crippen LogP contribution in [0, 0.1) is 6.92 Å². The predicted octanol–water partition coefficient (Wildman–Crippen LogP) is 4.68. The van der Waals surface area contributed by atoms with Crippen molar-refractivity contribution in [1.29, 1.82) is 0 Å². The van der Waals surface area contributed by atoms with Crippen LogP contribution in [0.2, 0.25) is 0 Å². The van der Waals surface area contributed by atoms with E-state index in [2.05, 4.69) is 0 Å². The molecule has 0 saturated carbocycles. The summed E-state index contributed by atoms with van der Waals surface area (Å²) in [5.41, 5.74) is 2.68. The lowest BCUT2D eigenvalue weighted by Crippen LogP contribution is -2.23. The molecule has 0 N–H and O–H groups in total. The number of nitrogens with zero attached hydrogens (tertiary/aromatic N) is 2. The van der Waals surface area contributed by atoms with Crippen LogP contribution < -0.4 is 10.3 Å². The van der Waals surface area contributed by atoms with Gasteiger partial charge in [0.2, 0.25) is 0 Å². The first-order chi connectivity index (χ1) is 14.6. The summed E-state index contributed by atoms with van der Waals surface area (Å²) in [5.74, 6) is 0.582. The molecule has 0 radical (unpaired) electrons. The van der Waals surface area contributed by atoms with Crippen LogP contribution in [0.25, 0.3) is 16.6 Å². The maximum absolute atomic E-state index is 13.3. The van der Waals surface area contributed by atoms with Gasteiger partial charge in [0.1, 0.15) is 5.75 Å². The van der Waals surface area contributed by atoms with Crippen LogP contribution >= 0.6 is 11.8 Å². The number of aromatic nitrogens is 2. The summed E-state index contributed by atoms with van der Waals surface area (Å²) in [4.78, 5) is 30.9. The number of aryl methyl sites for hydroxylation is 1. The van der Waals surface area contributed by atoms with Crippen molar-refractivity contribution in [3.63, 3.8) is 0 Å². The number of carbonyl (C=O) groups is 1. The lowest BCUT2D eigenvalue weighted by atomic mass is 10.1. The van der Waals surface area contributed by atoms with Gasteiger partial charge in [-0.3, -0.25) is 14.2 Å². The van der Waals surface area contributed by atoms with E-state index >= 15 is 0 Å². The minimum Gasteiger partial charge on any atom is -0.496 e. The van der Waals surface area contributed by atoms with Gasteiger partial charge >= 0.3 is 0 Å². The Morgan fingerprint density at radius 2 is 1.70 bits per heavy atom. The summed E-state index contributed by atoms with van der Waals surface area (Å²) in [6.45, 7) is 1.95. The van der Waals surface area contributed by atoms with Crippen molar-refractivity contribution in [3.8, 4) is 11.4 Å². The largest absolute Gasteiger partial charge is 0.496 e. The van der Waals surface area contributed by atoms with Crippen LogP contribution in [-0.2, 0) is 0 Å². The summed E-state index contributed by atoms with van der Waals surface area (Å²) >= 11 is 1.25. The number of ketones is 1. The van der Waals surface area contributed by atoms with E-state index in [9.17, 15) is 9.59 Å². The van der Waals surface area contributed by atoms with Crippen LogP contribution in [0.1, 0.15) is 15.9 Å². The number of carbonyl (C=O) groups excluding carboxylic acids is 1. The van der Waals surface area contributed by atoms with E-state index in [0.29, 0.717) is 27.4 Å². The fourth-order valence-electron chi connectivity index (χ4n) is 3.32. The summed E-state index contributed by atoms with van der Waals surface area (Å²) < 4.78 is 6.90. The molecular formula is C24H20N2O3S. The molecular weight excluding hydrogens is 396 g/mol. The molecule has 30 heavy (non-hydrogen) atoms. The molecule has 0 aliphatic rings. The van der Waals surface area contributed by atoms with Crippen LogP contribution in [0.15, 0.2) is 82.7 Å². The van der Waals surface area contributed by atoms with Gasteiger partial charge in [-0.2, -0.15) is 0 Å². The van der Waals surface area contributed by atoms with Crippen molar-refractivity contribution in [2.24, 2.45) is 0 Å². The molecule has 0 fully saturated rings. The molecule has 0 saturated heterocycles. The van der Waals surface area contributed by atoms with Crippen LogP contribution in [0.4, 0.5) is 0 Å². The number of benzene rings is 3. The molecule has 0 atom stereocenters. The van der Waals surface area contributed by atoms with Crippen LogP contribution in [-0.4, -0.2) is 28.2 Å². The molecule has 4 rings (SSSR count). The summed E-state index contributed by atoms with van der Waals surface area (Å²) in [7, 11) is 1.54. The average Bonchev–Trinajstić information content (AvgIpc) is 2.78. The molecule has 0 aliphatic heterocycles. The number of hydrogen-bond acceptors (Lipinski definition) is 5. The Morgan fingerprint density at radius 3 is 2.50 bits per heavy atom. The van der Waals surface area contributed by atoms with E-state index in [-0.39, 0.29) is 17.1 Å². The Morgan fingerprint density at radius 1 is 1.00 bits per heavy atom. The molecule has 1 heterocycles. The number of thioether (sulfide) groups is 1. The molecule has 5 nitrogen and oxygen atoms in total. The van der Waals surface area contributed by atoms with Gasteiger partial charge in [0, 0.05) is 0 Å². The highest BCUT2D eigenvalue weighted by atomic mass is 32.2. The van der Waals surface area contributed by atoms with Gasteiger partial charge in [-0.25, -0.2) is 4.98 Å². The van der Waals surface area contributed by atoms with Gasteiger partial charge in [-0.05, 0) is 42.8 Å². The van der Waals surface area contributed by atoms with Crippen LogP contribution in [0.5, 0.6) is 5.75 Å². The number of hydrogen-bond donors (Lipinski definition) is 0. The monoisotopic (exact) mass is 416 g/mol. The Balaban J connectivity index is 1.78. The van der Waals surface area contributed by atoms with E-state index in [4.69, 9.17) is 9.72 Å². The highest BCUT2D eigenvalue weighted by Gasteiger charge is 2.17. The lowest BCUT2D eigenvalue weighted by Gasteiger charge is -2.15. The Hall–Kier alpha value is -3.38. The maximum Gasteiger partial charge on any atom is 0.266 e. The average molecular weight is 417 g/mol. The van der Waals surface area contributed by atoms with Crippen molar-refractivity contribution in [2.45, 2.75) is 12.1 Å². The van der Waals surface area contributed by atoms with Gasteiger partial charge in [0.15, 0.2) is 10.9 Å². The molecule has 0 amide bonds. The molecule has 1 aromatic heterocycles. The minimum absolute atomic E-state index is 0.0869. The summed E-state index contributed by atoms with van der Waals surface area (Å²) in [6, 6.07) is 22.0. The number of methoxy groups -OCH3 is 1. The van der Waals surface area contributed by atoms with Crippen molar-refractivity contribution in [3.05, 3.63) is 94.3 Å². The third kappa shape index (κ3) is 3.74. The highest BCUT2D eigenvalue weighted by molar-refractivity contribution is 7.99. The molecule has 0 bridgehead atoms. The molecule has 150 valence electrons. The molecule has 0 aliphatic carbocycles. The Bertz CT molecular complexity index is 1300. The van der Waals surface area contributed by atoms with Gasteiger partial charge < -0.3 is 4.74 Å². The first-order valence-corrected chi connectivity index (χ1v) is 10.5. The topological polar surface area (TPSA) is 61.2 Å². The number of ether oxygens (including phenoxy) is 1. The fraction of sp³-hybridized carbons (Fsp3) is 0.125. The van der Waals surface area contributed by atoms with Gasteiger partial charge in [0.25, 0.3) is 5.56 Å². The lowest BCUT2D eigenvalue weighted by molar-refractivity contribution is 0.101. The van der Waals surface area contributed by atoms with Crippen molar-refractivity contribution < 1.29 is 9.53 Å². The molecule has 6 heteroatoms. The zero-order chi connectivity index (χ0) is 21.1. The number of rotatable bonds is 6. The Kier molecular flexibility index (Phi) is 5.68. The molecule has 4 aromatic rings. The van der Waals surface area contributed by atoms with Gasteiger partial charge in [-0.15, -0.1) is 0 Å². The quantitative estimate of drug-likeness (QED) is 0.260. The summed E-state index contributed by atoms with van der Waals surface area (Å²) in [6.07, 6.45) is 0. The Labute approximate surface area is 178 Å². The third-order valence-corrected chi connectivity index (χ3v) is 5.78. The van der Waals surface area contributed by atoms with Gasteiger partial charge in [-0.1, -0.05) is 54.2 Å². The first-order valence-electron chi connectivity index (χ1n) is 9.47. The standard InChI is InChI=1S/C24H20N2O3S/c1-16-9-3-7-13-20(16)26-23(28)17-10-4-6-12-19(17)25-24(26)30-15-21(27)18-11-5-8-14-22(18)29-2/h3-14H,15H2,1-2H3. The van der Waals surface area contributed by atoms with E-state index in [1.807, 2.05) is 55.5 Å². The van der Waals surface area contributed by atoms with Crippen molar-refractivity contribution in [2.75, 3.05) is 12.9 Å². The summed E-state index contributed by atoms with van der Waals surface area (Å²) in [5, 5.41) is 1.03. The molecule has 0 spiro atoms. The van der Waals surface area contributed by atoms with Crippen LogP contribution in [0.3, 0.4) is 0 Å². The zero-order valence-electron chi connectivity index (χ0n) is 16.7. The first kappa shape index (κ1) is 19.9. The van der Waals surface area contributed by atoms with Gasteiger partial charge in [0.05, 0.1) is 35.0 Å². The second kappa shape index (κ2) is 8.55. The molecule has 0 unspecified atom stereocenters. The highest BCUT2D eigenvalue weighted by Crippen LogP contribution is 2.25. The van der Waals surface area contributed by atoms with E-state index in [1.165, 1.54) is 11.8 Å². The smallest absolute Gasteiger partial charge is 0.266 e. The number of para-hydroxylation sites is 3. The number of Topliss-reactive ketones (excluding diaryl/α,β-unsaturated/α-hetero) is 1. The van der Waals surface area contributed by atoms with E-state index in [0.717, 1.165) is 11.3 Å². The fourth-order valence-corrected chi connectivity index (χ4v) is 4.21. The SMILES string of the molecule is COc1ccccc1C(=O)CSc1nc2ccccc2c(=O)n1-c1ccccc1C. The normalized spacial score (nSPS) is 10.9. The maximum atomic E-state index is 13.3. The zero-order valence-corrected chi connectivity index (χ0v) is 17.5. The van der Waals surface area contributed by atoms with E-state index < -0.39 is 0 Å².